The second-order valence-electron chi connectivity index (χ2n) is 9.54. The third kappa shape index (κ3) is 4.10. The Morgan fingerprint density at radius 1 is 1.15 bits per heavy atom. The smallest absolute Gasteiger partial charge is 0.219 e. The molecule has 1 saturated heterocycles. The maximum absolute atomic E-state index is 12.8. The minimum Gasteiger partial charge on any atom is -0.387 e. The molecule has 0 aromatic heterocycles. The summed E-state index contributed by atoms with van der Waals surface area (Å²) in [5, 5.41) is 10.3. The summed E-state index contributed by atoms with van der Waals surface area (Å²) in [5.41, 5.74) is 4.24. The van der Waals surface area contributed by atoms with Crippen molar-refractivity contribution in [3.8, 4) is 0 Å². The molecule has 1 aliphatic heterocycles. The zero-order chi connectivity index (χ0) is 20.8. The van der Waals surface area contributed by atoms with E-state index in [0.717, 1.165) is 12.0 Å². The second-order valence-corrected chi connectivity index (χ2v) is 11.7. The molecule has 5 heteroatoms. The number of aliphatic hydroxyl groups excluding tert-OH is 1. The van der Waals surface area contributed by atoms with Gasteiger partial charge in [0.2, 0.25) is 10.0 Å². The lowest BCUT2D eigenvalue weighted by Gasteiger charge is -2.32. The van der Waals surface area contributed by atoms with Crippen LogP contribution in [0.4, 0.5) is 0 Å². The molecule has 27 heavy (non-hydrogen) atoms. The highest BCUT2D eigenvalue weighted by Gasteiger charge is 2.43. The second kappa shape index (κ2) is 7.49. The molecular weight excluding hydrogens is 358 g/mol. The fraction of sp³-hybridized carbons (Fsp3) is 0.727. The van der Waals surface area contributed by atoms with Crippen LogP contribution >= 0.6 is 0 Å². The van der Waals surface area contributed by atoms with Crippen LogP contribution in [0.15, 0.2) is 12.1 Å². The Kier molecular flexibility index (Phi) is 6.21. The zero-order valence-corrected chi connectivity index (χ0v) is 19.1. The largest absolute Gasteiger partial charge is 0.387 e. The van der Waals surface area contributed by atoms with Crippen LogP contribution in [0.2, 0.25) is 0 Å². The third-order valence-electron chi connectivity index (χ3n) is 6.30. The molecule has 154 valence electrons. The number of aliphatic hydroxyl groups is 1. The van der Waals surface area contributed by atoms with E-state index in [4.69, 9.17) is 0 Å². The van der Waals surface area contributed by atoms with Gasteiger partial charge in [-0.2, -0.15) is 0 Å². The predicted molar refractivity (Wildman–Crippen MR) is 113 cm³/mol. The molecule has 1 aromatic rings. The first-order valence-electron chi connectivity index (χ1n) is 10.1. The molecule has 0 saturated carbocycles. The van der Waals surface area contributed by atoms with E-state index in [-0.39, 0.29) is 10.8 Å². The highest BCUT2D eigenvalue weighted by atomic mass is 32.2. The van der Waals surface area contributed by atoms with E-state index in [9.17, 15) is 13.5 Å². The molecular formula is C22H37NO3S. The topological polar surface area (TPSA) is 57.6 Å². The Labute approximate surface area is 166 Å². The quantitative estimate of drug-likeness (QED) is 0.802. The summed E-state index contributed by atoms with van der Waals surface area (Å²) in [4.78, 5) is 0. The average Bonchev–Trinajstić information content (AvgIpc) is 2.87. The molecule has 1 aromatic carbocycles. The van der Waals surface area contributed by atoms with Gasteiger partial charge in [-0.05, 0) is 52.8 Å². The Morgan fingerprint density at radius 2 is 1.70 bits per heavy atom. The van der Waals surface area contributed by atoms with Crippen LogP contribution in [-0.4, -0.2) is 36.2 Å². The molecule has 2 atom stereocenters. The van der Waals surface area contributed by atoms with E-state index < -0.39 is 21.4 Å². The molecule has 0 aliphatic carbocycles. The van der Waals surface area contributed by atoms with Gasteiger partial charge in [-0.15, -0.1) is 0 Å². The van der Waals surface area contributed by atoms with Gasteiger partial charge < -0.3 is 5.11 Å². The van der Waals surface area contributed by atoms with Crippen LogP contribution in [0, 0.1) is 6.92 Å². The van der Waals surface area contributed by atoms with Crippen LogP contribution in [-0.2, 0) is 20.9 Å². The summed E-state index contributed by atoms with van der Waals surface area (Å²) in [6.45, 7) is 18.0. The number of rotatable bonds is 5. The Balaban J connectivity index is 2.62. The monoisotopic (exact) mass is 395 g/mol. The van der Waals surface area contributed by atoms with Gasteiger partial charge in [0.05, 0.1) is 6.10 Å². The molecule has 2 unspecified atom stereocenters. The number of nitrogens with zero attached hydrogens (tertiary/aromatic N) is 1. The highest BCUT2D eigenvalue weighted by Crippen LogP contribution is 2.40. The van der Waals surface area contributed by atoms with Crippen LogP contribution in [0.5, 0.6) is 0 Å². The molecule has 0 bridgehead atoms. The van der Waals surface area contributed by atoms with Gasteiger partial charge in [-0.3, -0.25) is 0 Å². The summed E-state index contributed by atoms with van der Waals surface area (Å²) < 4.78 is 27.1. The van der Waals surface area contributed by atoms with E-state index in [1.165, 1.54) is 21.0 Å². The van der Waals surface area contributed by atoms with Gasteiger partial charge in [0.25, 0.3) is 0 Å². The van der Waals surface area contributed by atoms with E-state index in [1.54, 1.807) is 0 Å². The maximum atomic E-state index is 12.8. The first-order chi connectivity index (χ1) is 12.3. The molecule has 0 amide bonds. The lowest BCUT2D eigenvalue weighted by molar-refractivity contribution is 0.170. The van der Waals surface area contributed by atoms with Gasteiger partial charge in [0.1, 0.15) is 5.25 Å². The van der Waals surface area contributed by atoms with Crippen LogP contribution in [0.3, 0.4) is 0 Å². The molecule has 1 N–H and O–H groups in total. The van der Waals surface area contributed by atoms with E-state index in [0.29, 0.717) is 19.5 Å². The maximum Gasteiger partial charge on any atom is 0.219 e. The van der Waals surface area contributed by atoms with Gasteiger partial charge in [0.15, 0.2) is 0 Å². The Hall–Kier alpha value is -0.910. The average molecular weight is 396 g/mol. The van der Waals surface area contributed by atoms with E-state index in [2.05, 4.69) is 48.5 Å². The van der Waals surface area contributed by atoms with Crippen LogP contribution in [0.1, 0.15) is 89.7 Å². The van der Waals surface area contributed by atoms with Gasteiger partial charge in [-0.25, -0.2) is 12.7 Å². The first kappa shape index (κ1) is 22.4. The number of hydrogen-bond acceptors (Lipinski definition) is 3. The van der Waals surface area contributed by atoms with Crippen molar-refractivity contribution in [3.05, 3.63) is 34.4 Å². The minimum atomic E-state index is -3.45. The lowest BCUT2D eigenvalue weighted by atomic mass is 9.73. The van der Waals surface area contributed by atoms with Crippen molar-refractivity contribution in [2.75, 3.05) is 13.1 Å². The van der Waals surface area contributed by atoms with Gasteiger partial charge in [0, 0.05) is 13.1 Å². The van der Waals surface area contributed by atoms with Crippen molar-refractivity contribution in [2.45, 2.75) is 90.4 Å². The molecule has 0 spiro atoms. The van der Waals surface area contributed by atoms with E-state index >= 15 is 0 Å². The Morgan fingerprint density at radius 3 is 2.15 bits per heavy atom. The summed E-state index contributed by atoms with van der Waals surface area (Å²) in [5.74, 6) is 0. The molecule has 1 aliphatic rings. The first-order valence-corrected chi connectivity index (χ1v) is 11.6. The number of hydrogen-bond donors (Lipinski definition) is 1. The van der Waals surface area contributed by atoms with Gasteiger partial charge in [-0.1, -0.05) is 60.6 Å². The molecule has 4 nitrogen and oxygen atoms in total. The molecule has 2 rings (SSSR count). The summed E-state index contributed by atoms with van der Waals surface area (Å²) in [6.07, 6.45) is 0.449. The normalized spacial score (nSPS) is 22.2. The number of benzene rings is 1. The standard InChI is InChI=1S/C22H37NO3S/c1-9-22(7,8)18-14-16(13-17(15(18)3)21(4,5)6)20(24)19-11-12-23(10-2)27(19,25)26/h13-14,19-20,24H,9-12H2,1-8H3. The fourth-order valence-corrected chi connectivity index (χ4v) is 6.18. The molecule has 1 fully saturated rings. The van der Waals surface area contributed by atoms with Crippen LogP contribution < -0.4 is 0 Å². The van der Waals surface area contributed by atoms with Crippen molar-refractivity contribution in [1.82, 2.24) is 4.31 Å². The summed E-state index contributed by atoms with van der Waals surface area (Å²) in [7, 11) is -3.45. The fourth-order valence-electron chi connectivity index (χ4n) is 4.19. The zero-order valence-electron chi connectivity index (χ0n) is 18.3. The lowest BCUT2D eigenvalue weighted by Crippen LogP contribution is -2.33. The van der Waals surface area contributed by atoms with Crippen molar-refractivity contribution in [1.29, 1.82) is 0 Å². The van der Waals surface area contributed by atoms with Crippen molar-refractivity contribution in [2.24, 2.45) is 0 Å². The summed E-state index contributed by atoms with van der Waals surface area (Å²) in [6, 6.07) is 4.07. The van der Waals surface area contributed by atoms with Crippen LogP contribution in [0.25, 0.3) is 0 Å². The van der Waals surface area contributed by atoms with Gasteiger partial charge >= 0.3 is 0 Å². The number of sulfonamides is 1. The molecule has 0 radical (unpaired) electrons. The van der Waals surface area contributed by atoms with Crippen molar-refractivity contribution < 1.29 is 13.5 Å². The minimum absolute atomic E-state index is 0.0379. The van der Waals surface area contributed by atoms with E-state index in [1.807, 2.05) is 19.1 Å². The SMILES string of the molecule is CCN1CCC(C(O)c2cc(C(C)(C)C)c(C)c(C(C)(C)CC)c2)S1(=O)=O. The van der Waals surface area contributed by atoms with Crippen molar-refractivity contribution in [3.63, 3.8) is 0 Å². The Bertz CT molecular complexity index is 791. The highest BCUT2D eigenvalue weighted by molar-refractivity contribution is 7.90. The summed E-state index contributed by atoms with van der Waals surface area (Å²) >= 11 is 0. The van der Waals surface area contributed by atoms with Crippen molar-refractivity contribution >= 4 is 10.0 Å². The predicted octanol–water partition coefficient (Wildman–Crippen LogP) is 4.44. The third-order valence-corrected chi connectivity index (χ3v) is 8.72. The molecule has 1 heterocycles.